The van der Waals surface area contributed by atoms with E-state index in [1.807, 2.05) is 0 Å². The lowest BCUT2D eigenvalue weighted by Gasteiger charge is -2.34. The second-order valence-corrected chi connectivity index (χ2v) is 5.41. The molecule has 1 unspecified atom stereocenters. The molecule has 152 valence electrons. The number of alkyl carbamates (subject to hydrolysis) is 1. The first kappa shape index (κ1) is 24.3. The number of hydrogen-bond acceptors (Lipinski definition) is 6. The Balaban J connectivity index is 3.78. The molecular formula is C17H28N4O6. The van der Waals surface area contributed by atoms with Crippen LogP contribution < -0.4 is 16.0 Å². The molecule has 0 rings (SSSR count). The highest BCUT2D eigenvalue weighted by molar-refractivity contribution is 5.87. The number of carbonyl (C=O) groups excluding carboxylic acids is 3. The average molecular weight is 384 g/mol. The predicted octanol–water partition coefficient (Wildman–Crippen LogP) is -0.208. The lowest BCUT2D eigenvalue weighted by atomic mass is 10.5. The monoisotopic (exact) mass is 384 g/mol. The molecule has 0 spiro atoms. The minimum atomic E-state index is -0.697. The molecule has 27 heavy (non-hydrogen) atoms. The lowest BCUT2D eigenvalue weighted by molar-refractivity contribution is -0.808. The number of nitrogens with one attached hydrogen (secondary N) is 3. The first-order chi connectivity index (χ1) is 12.8. The van der Waals surface area contributed by atoms with E-state index < -0.39 is 10.7 Å². The maximum absolute atomic E-state index is 12.1. The van der Waals surface area contributed by atoms with Crippen LogP contribution in [0.2, 0.25) is 0 Å². The molecule has 0 aromatic rings. The summed E-state index contributed by atoms with van der Waals surface area (Å²) in [5.41, 5.74) is 0. The highest BCUT2D eigenvalue weighted by atomic mass is 16.6. The van der Waals surface area contributed by atoms with E-state index in [0.29, 0.717) is 13.2 Å². The molecule has 0 fully saturated rings. The van der Waals surface area contributed by atoms with Gasteiger partial charge in [-0.15, -0.1) is 0 Å². The summed E-state index contributed by atoms with van der Waals surface area (Å²) in [6.07, 6.45) is 4.43. The van der Waals surface area contributed by atoms with Crippen molar-refractivity contribution in [3.8, 4) is 0 Å². The van der Waals surface area contributed by atoms with Gasteiger partial charge in [0, 0.05) is 25.7 Å². The fraction of sp³-hybridized carbons (Fsp3) is 0.471. The number of hydrogen-bond donors (Lipinski definition) is 3. The van der Waals surface area contributed by atoms with Crippen LogP contribution in [-0.2, 0) is 19.1 Å². The third-order valence-electron chi connectivity index (χ3n) is 3.02. The van der Waals surface area contributed by atoms with Crippen LogP contribution in [0.4, 0.5) is 4.79 Å². The van der Waals surface area contributed by atoms with Crippen molar-refractivity contribution in [1.29, 1.82) is 0 Å². The minimum absolute atomic E-state index is 0.0601. The summed E-state index contributed by atoms with van der Waals surface area (Å²) >= 11 is 0. The highest BCUT2D eigenvalue weighted by Gasteiger charge is 2.06. The molecule has 0 aliphatic rings. The molecule has 0 aromatic carbocycles. The Morgan fingerprint density at radius 3 is 2.22 bits per heavy atom. The van der Waals surface area contributed by atoms with E-state index in [1.54, 1.807) is 0 Å². The van der Waals surface area contributed by atoms with Crippen LogP contribution in [0.3, 0.4) is 0 Å². The highest BCUT2D eigenvalue weighted by Crippen LogP contribution is 2.00. The molecule has 10 heteroatoms. The van der Waals surface area contributed by atoms with Gasteiger partial charge in [0.25, 0.3) is 0 Å². The topological polar surface area (TPSA) is 129 Å². The van der Waals surface area contributed by atoms with E-state index >= 15 is 0 Å². The van der Waals surface area contributed by atoms with Gasteiger partial charge in [0.1, 0.15) is 13.2 Å². The van der Waals surface area contributed by atoms with Gasteiger partial charge in [-0.1, -0.05) is 13.2 Å². The predicted molar refractivity (Wildman–Crippen MR) is 100 cm³/mol. The van der Waals surface area contributed by atoms with E-state index in [2.05, 4.69) is 29.1 Å². The van der Waals surface area contributed by atoms with Crippen molar-refractivity contribution in [2.45, 2.75) is 0 Å². The van der Waals surface area contributed by atoms with Gasteiger partial charge in [-0.2, -0.15) is 0 Å². The van der Waals surface area contributed by atoms with Crippen molar-refractivity contribution in [2.75, 3.05) is 53.0 Å². The standard InChI is InChI=1S/C17H28N4O6/c1-4-15(22)18-7-8-20-17(24)27-12-6-10-21(3,25)11-14-26-13-9-19-16(23)5-2/h4-6,10H,1-2,7-9,11-14H2,3H3,(H,18,22)(H,19,23)(H,20,24)/b10-6+. The Morgan fingerprint density at radius 1 is 1.00 bits per heavy atom. The third-order valence-corrected chi connectivity index (χ3v) is 3.02. The van der Waals surface area contributed by atoms with Gasteiger partial charge in [-0.25, -0.2) is 4.79 Å². The Labute approximate surface area is 159 Å². The largest absolute Gasteiger partial charge is 0.628 e. The number of nitrogens with zero attached hydrogens (tertiary/aromatic N) is 1. The third kappa shape index (κ3) is 15.3. The molecule has 0 heterocycles. The molecule has 3 N–H and O–H groups in total. The smallest absolute Gasteiger partial charge is 0.407 e. The van der Waals surface area contributed by atoms with E-state index in [9.17, 15) is 19.6 Å². The van der Waals surface area contributed by atoms with Crippen LogP contribution in [0.15, 0.2) is 37.6 Å². The van der Waals surface area contributed by atoms with Gasteiger partial charge in [0.2, 0.25) is 11.8 Å². The summed E-state index contributed by atoms with van der Waals surface area (Å²) in [5.74, 6) is -0.609. The molecule has 0 bridgehead atoms. The summed E-state index contributed by atoms with van der Waals surface area (Å²) in [4.78, 5) is 33.2. The van der Waals surface area contributed by atoms with Crippen molar-refractivity contribution in [3.05, 3.63) is 42.8 Å². The van der Waals surface area contributed by atoms with Crippen LogP contribution in [0, 0.1) is 5.21 Å². The second kappa shape index (κ2) is 14.5. The normalized spacial score (nSPS) is 12.7. The minimum Gasteiger partial charge on any atom is -0.628 e. The molecule has 1 atom stereocenters. The maximum Gasteiger partial charge on any atom is 0.407 e. The SMILES string of the molecule is C=CC(=O)NCCNC(=O)OC/C=C/[N+](C)([O-])CCOCCNC(=O)C=C. The number of likely N-dealkylation sites (N-methyl/N-ethyl adjacent to an activating group) is 1. The number of hydroxylamine groups is 3. The van der Waals surface area contributed by atoms with E-state index in [1.165, 1.54) is 25.4 Å². The van der Waals surface area contributed by atoms with Crippen molar-refractivity contribution < 1.29 is 28.5 Å². The van der Waals surface area contributed by atoms with Gasteiger partial charge in [-0.3, -0.25) is 9.59 Å². The Kier molecular flexibility index (Phi) is 13.0. The molecule has 3 amide bonds. The van der Waals surface area contributed by atoms with E-state index in [0.717, 1.165) is 6.08 Å². The van der Waals surface area contributed by atoms with Gasteiger partial charge >= 0.3 is 6.09 Å². The van der Waals surface area contributed by atoms with Crippen LogP contribution >= 0.6 is 0 Å². The number of rotatable bonds is 14. The van der Waals surface area contributed by atoms with Crippen molar-refractivity contribution in [1.82, 2.24) is 16.0 Å². The molecule has 10 nitrogen and oxygen atoms in total. The molecule has 0 aliphatic heterocycles. The van der Waals surface area contributed by atoms with Crippen LogP contribution in [-0.4, -0.2) is 75.6 Å². The Bertz CT molecular complexity index is 534. The second-order valence-electron chi connectivity index (χ2n) is 5.41. The summed E-state index contributed by atoms with van der Waals surface area (Å²) in [5, 5.41) is 19.6. The Hall–Kier alpha value is -2.69. The molecule has 0 radical (unpaired) electrons. The summed E-state index contributed by atoms with van der Waals surface area (Å²) in [6.45, 7) is 8.04. The Morgan fingerprint density at radius 2 is 1.59 bits per heavy atom. The fourth-order valence-electron chi connectivity index (χ4n) is 1.60. The molecule has 0 aliphatic carbocycles. The molecule has 0 saturated heterocycles. The lowest BCUT2D eigenvalue weighted by Crippen LogP contribution is -2.36. The van der Waals surface area contributed by atoms with Gasteiger partial charge in [0.05, 0.1) is 26.5 Å². The zero-order valence-corrected chi connectivity index (χ0v) is 15.6. The number of quaternary nitrogens is 1. The first-order valence-corrected chi connectivity index (χ1v) is 8.33. The molecular weight excluding hydrogens is 356 g/mol. The quantitative estimate of drug-likeness (QED) is 0.165. The summed E-state index contributed by atoms with van der Waals surface area (Å²) < 4.78 is 9.43. The molecule has 0 saturated carbocycles. The van der Waals surface area contributed by atoms with E-state index in [-0.39, 0.29) is 44.7 Å². The van der Waals surface area contributed by atoms with E-state index in [4.69, 9.17) is 9.47 Å². The summed E-state index contributed by atoms with van der Waals surface area (Å²) in [7, 11) is 1.43. The fourth-order valence-corrected chi connectivity index (χ4v) is 1.60. The zero-order valence-electron chi connectivity index (χ0n) is 15.6. The summed E-state index contributed by atoms with van der Waals surface area (Å²) in [6, 6.07) is 0. The van der Waals surface area contributed by atoms with Crippen LogP contribution in [0.25, 0.3) is 0 Å². The average Bonchev–Trinajstić information content (AvgIpc) is 2.64. The molecule has 0 aromatic heterocycles. The van der Waals surface area contributed by atoms with Gasteiger partial charge < -0.3 is 35.3 Å². The number of amides is 3. The van der Waals surface area contributed by atoms with Crippen LogP contribution in [0.5, 0.6) is 0 Å². The number of ether oxygens (including phenoxy) is 2. The van der Waals surface area contributed by atoms with Crippen molar-refractivity contribution in [2.24, 2.45) is 0 Å². The zero-order chi connectivity index (χ0) is 20.5. The van der Waals surface area contributed by atoms with Crippen LogP contribution in [0.1, 0.15) is 0 Å². The van der Waals surface area contributed by atoms with Gasteiger partial charge in [0.15, 0.2) is 0 Å². The van der Waals surface area contributed by atoms with Gasteiger partial charge in [-0.05, 0) is 12.2 Å². The maximum atomic E-state index is 12.1. The number of carbonyl (C=O) groups is 3. The van der Waals surface area contributed by atoms with Crippen molar-refractivity contribution >= 4 is 17.9 Å². The van der Waals surface area contributed by atoms with Crippen molar-refractivity contribution in [3.63, 3.8) is 0 Å². The first-order valence-electron chi connectivity index (χ1n) is 8.33.